The van der Waals surface area contributed by atoms with Crippen molar-refractivity contribution in [1.82, 2.24) is 15.3 Å². The molecule has 9 nitrogen and oxygen atoms in total. The molecule has 2 heterocycles. The summed E-state index contributed by atoms with van der Waals surface area (Å²) in [6.45, 7) is 1.11. The van der Waals surface area contributed by atoms with Crippen LogP contribution in [0.2, 0.25) is 0 Å². The Morgan fingerprint density at radius 3 is 2.39 bits per heavy atom. The number of nitrogens with one attached hydrogen (secondary N) is 2. The van der Waals surface area contributed by atoms with Gasteiger partial charge in [0.15, 0.2) is 35.2 Å². The lowest BCUT2D eigenvalue weighted by atomic mass is 9.96. The third kappa shape index (κ3) is 7.37. The van der Waals surface area contributed by atoms with E-state index in [1.807, 2.05) is 7.05 Å². The Balaban J connectivity index is 0.000000247. The van der Waals surface area contributed by atoms with Gasteiger partial charge in [-0.1, -0.05) is 0 Å². The number of hydrogen-bond acceptors (Lipinski definition) is 9. The summed E-state index contributed by atoms with van der Waals surface area (Å²) in [4.78, 5) is 18.7. The number of benzene rings is 2. The van der Waals surface area contributed by atoms with E-state index in [1.165, 1.54) is 32.0 Å². The number of fused-ring (bicyclic) bond motifs is 1. The number of aromatic nitrogens is 2. The first-order chi connectivity index (χ1) is 20.0. The van der Waals surface area contributed by atoms with Crippen LogP contribution >= 0.6 is 0 Å². The van der Waals surface area contributed by atoms with Crippen molar-refractivity contribution < 1.29 is 32.5 Å². The van der Waals surface area contributed by atoms with E-state index in [9.17, 15) is 13.6 Å². The monoisotopic (exact) mass is 566 g/mol. The van der Waals surface area contributed by atoms with E-state index in [-0.39, 0.29) is 5.75 Å². The van der Waals surface area contributed by atoms with Gasteiger partial charge in [-0.15, -0.1) is 0 Å². The number of nitrogens with zero attached hydrogens (tertiary/aromatic N) is 2. The maximum Gasteiger partial charge on any atom is 0.198 e. The van der Waals surface area contributed by atoms with Gasteiger partial charge in [0.05, 0.1) is 24.3 Å². The zero-order valence-corrected chi connectivity index (χ0v) is 23.1. The Bertz CT molecular complexity index is 1460. The van der Waals surface area contributed by atoms with E-state index in [1.54, 1.807) is 31.4 Å². The minimum absolute atomic E-state index is 0.250. The molecule has 1 fully saturated rings. The molecular formula is C30H32F2N4O5. The number of halogens is 2. The second-order valence-electron chi connectivity index (χ2n) is 9.10. The molecule has 0 aliphatic heterocycles. The fourth-order valence-corrected chi connectivity index (χ4v) is 3.92. The van der Waals surface area contributed by atoms with Crippen molar-refractivity contribution in [3.05, 3.63) is 72.2 Å². The molecule has 1 aliphatic carbocycles. The normalized spacial score (nSPS) is 12.5. The fourth-order valence-electron chi connectivity index (χ4n) is 3.92. The molecule has 1 aliphatic rings. The lowest BCUT2D eigenvalue weighted by molar-refractivity contribution is 0.107. The van der Waals surface area contributed by atoms with Gasteiger partial charge in [0.25, 0.3) is 0 Å². The molecular weight excluding hydrogens is 534 g/mol. The van der Waals surface area contributed by atoms with Crippen molar-refractivity contribution in [2.75, 3.05) is 39.7 Å². The average Bonchev–Trinajstić information content (AvgIpc) is 2.97. The van der Waals surface area contributed by atoms with Gasteiger partial charge in [-0.2, -0.15) is 0 Å². The van der Waals surface area contributed by atoms with Crippen LogP contribution in [0.1, 0.15) is 29.6 Å². The highest BCUT2D eigenvalue weighted by Crippen LogP contribution is 2.38. The van der Waals surface area contributed by atoms with Gasteiger partial charge in [-0.3, -0.25) is 14.8 Å². The third-order valence-electron chi connectivity index (χ3n) is 6.38. The topological polar surface area (TPSA) is 104 Å². The Morgan fingerprint density at radius 1 is 1.00 bits per heavy atom. The van der Waals surface area contributed by atoms with Crippen LogP contribution in [0.5, 0.6) is 28.7 Å². The summed E-state index contributed by atoms with van der Waals surface area (Å²) in [5.74, 6) is -0.213. The van der Waals surface area contributed by atoms with Crippen molar-refractivity contribution in [3.8, 4) is 28.7 Å². The van der Waals surface area contributed by atoms with Crippen LogP contribution in [-0.4, -0.2) is 56.7 Å². The highest BCUT2D eigenvalue weighted by atomic mass is 19.1. The van der Waals surface area contributed by atoms with Crippen molar-refractivity contribution >= 4 is 22.9 Å². The largest absolute Gasteiger partial charge is 0.493 e. The first kappa shape index (κ1) is 29.5. The number of rotatable bonds is 11. The first-order valence-corrected chi connectivity index (χ1v) is 13.1. The second kappa shape index (κ2) is 14.2. The van der Waals surface area contributed by atoms with E-state index in [2.05, 4.69) is 20.6 Å². The predicted molar refractivity (Wildman–Crippen MR) is 152 cm³/mol. The predicted octanol–water partition coefficient (Wildman–Crippen LogP) is 5.78. The number of hydrogen-bond donors (Lipinski definition) is 2. The van der Waals surface area contributed by atoms with Crippen molar-refractivity contribution in [2.45, 2.75) is 25.4 Å². The SMILES string of the molecule is CNCCOc1cc2nccc(Oc3c(F)cc(NC)cc3F)c2cc1OC.O=Cc1cnccc1OC1CCC1. The maximum atomic E-state index is 14.3. The second-order valence-corrected chi connectivity index (χ2v) is 9.10. The van der Waals surface area contributed by atoms with E-state index in [0.717, 1.165) is 31.3 Å². The van der Waals surface area contributed by atoms with Gasteiger partial charge in [-0.25, -0.2) is 8.78 Å². The van der Waals surface area contributed by atoms with E-state index in [4.69, 9.17) is 18.9 Å². The average molecular weight is 567 g/mol. The smallest absolute Gasteiger partial charge is 0.198 e. The van der Waals surface area contributed by atoms with Gasteiger partial charge in [0.2, 0.25) is 0 Å². The van der Waals surface area contributed by atoms with E-state index < -0.39 is 17.4 Å². The molecule has 216 valence electrons. The zero-order valence-electron chi connectivity index (χ0n) is 23.1. The lowest BCUT2D eigenvalue weighted by Gasteiger charge is -2.26. The molecule has 0 spiro atoms. The Morgan fingerprint density at radius 2 is 1.76 bits per heavy atom. The standard InChI is InChI=1S/C20H21F2N3O3.C10H11NO2/c1-23-6-7-27-19-11-16-13(10-18(19)26-3)17(4-5-25-16)28-20-14(21)8-12(24-2)9-15(20)22;12-7-8-6-11-5-4-10(8)13-9-2-1-3-9/h4-5,8-11,23-24H,6-7H2,1-3H3;4-7,9H,1-3H2. The number of ether oxygens (including phenoxy) is 4. The fraction of sp³-hybridized carbons (Fsp3) is 0.300. The first-order valence-electron chi connectivity index (χ1n) is 13.1. The summed E-state index contributed by atoms with van der Waals surface area (Å²) in [7, 11) is 4.92. The van der Waals surface area contributed by atoms with Gasteiger partial charge >= 0.3 is 0 Å². The van der Waals surface area contributed by atoms with Crippen LogP contribution in [0.4, 0.5) is 14.5 Å². The molecule has 4 aromatic rings. The van der Waals surface area contributed by atoms with Gasteiger partial charge in [0.1, 0.15) is 18.1 Å². The molecule has 11 heteroatoms. The molecule has 5 rings (SSSR count). The van der Waals surface area contributed by atoms with Crippen molar-refractivity contribution in [2.24, 2.45) is 0 Å². The number of methoxy groups -OCH3 is 1. The summed E-state index contributed by atoms with van der Waals surface area (Å²) in [5.41, 5.74) is 1.40. The molecule has 0 amide bonds. The number of aldehydes is 1. The molecule has 2 N–H and O–H groups in total. The van der Waals surface area contributed by atoms with Crippen molar-refractivity contribution in [1.29, 1.82) is 0 Å². The Hall–Kier alpha value is -4.51. The highest BCUT2D eigenvalue weighted by Gasteiger charge is 2.20. The molecule has 2 aromatic heterocycles. The van der Waals surface area contributed by atoms with Crippen LogP contribution < -0.4 is 29.6 Å². The van der Waals surface area contributed by atoms with E-state index in [0.29, 0.717) is 58.7 Å². The van der Waals surface area contributed by atoms with Gasteiger partial charge < -0.3 is 29.6 Å². The summed E-state index contributed by atoms with van der Waals surface area (Å²) >= 11 is 0. The Kier molecular flexibility index (Phi) is 10.2. The Labute approximate surface area is 236 Å². The van der Waals surface area contributed by atoms with Crippen LogP contribution in [0.3, 0.4) is 0 Å². The van der Waals surface area contributed by atoms with Crippen LogP contribution in [-0.2, 0) is 0 Å². The summed E-state index contributed by atoms with van der Waals surface area (Å²) < 4.78 is 50.8. The number of anilines is 1. The molecule has 0 atom stereocenters. The number of pyridine rings is 2. The molecule has 0 unspecified atom stereocenters. The zero-order chi connectivity index (χ0) is 29.2. The van der Waals surface area contributed by atoms with Crippen LogP contribution in [0, 0.1) is 11.6 Å². The summed E-state index contributed by atoms with van der Waals surface area (Å²) in [6, 6.07) is 8.97. The molecule has 0 bridgehead atoms. The summed E-state index contributed by atoms with van der Waals surface area (Å²) in [6.07, 6.45) is 9.18. The van der Waals surface area contributed by atoms with Gasteiger partial charge in [0, 0.05) is 61.5 Å². The highest BCUT2D eigenvalue weighted by molar-refractivity contribution is 5.88. The maximum absolute atomic E-state index is 14.3. The molecule has 1 saturated carbocycles. The number of carbonyl (C=O) groups excluding carboxylic acids is 1. The number of carbonyl (C=O) groups is 1. The van der Waals surface area contributed by atoms with Crippen molar-refractivity contribution in [3.63, 3.8) is 0 Å². The molecule has 0 saturated heterocycles. The minimum Gasteiger partial charge on any atom is -0.493 e. The van der Waals surface area contributed by atoms with Crippen LogP contribution in [0.15, 0.2) is 55.0 Å². The lowest BCUT2D eigenvalue weighted by Crippen LogP contribution is -2.25. The quantitative estimate of drug-likeness (QED) is 0.173. The molecule has 0 radical (unpaired) electrons. The number of likely N-dealkylation sites (N-methyl/N-ethyl adjacent to an activating group) is 1. The third-order valence-corrected chi connectivity index (χ3v) is 6.38. The van der Waals surface area contributed by atoms with Crippen LogP contribution in [0.25, 0.3) is 10.9 Å². The summed E-state index contributed by atoms with van der Waals surface area (Å²) in [5, 5.41) is 6.22. The molecule has 2 aromatic carbocycles. The minimum atomic E-state index is -0.812. The van der Waals surface area contributed by atoms with E-state index >= 15 is 0 Å². The van der Waals surface area contributed by atoms with Gasteiger partial charge in [-0.05, 0) is 44.5 Å². The molecule has 41 heavy (non-hydrogen) atoms.